The summed E-state index contributed by atoms with van der Waals surface area (Å²) in [6.07, 6.45) is 0.812. The lowest BCUT2D eigenvalue weighted by molar-refractivity contribution is 0.0436. The highest BCUT2D eigenvalue weighted by molar-refractivity contribution is 5.95. The summed E-state index contributed by atoms with van der Waals surface area (Å²) < 4.78 is 10.2. The average molecular weight is 270 g/mol. The summed E-state index contributed by atoms with van der Waals surface area (Å²) in [6, 6.07) is 12.5. The molecule has 0 spiro atoms. The van der Waals surface area contributed by atoms with Gasteiger partial charge in [0.2, 0.25) is 0 Å². The van der Waals surface area contributed by atoms with Crippen molar-refractivity contribution in [2.24, 2.45) is 0 Å². The number of carbonyl (C=O) groups is 1. The maximum atomic E-state index is 12.0. The first kappa shape index (κ1) is 13.7. The number of hydrogen-bond acceptors (Lipinski definition) is 5. The van der Waals surface area contributed by atoms with E-state index in [0.717, 1.165) is 5.76 Å². The highest BCUT2D eigenvalue weighted by Crippen LogP contribution is 2.18. The maximum absolute atomic E-state index is 12.0. The van der Waals surface area contributed by atoms with Gasteiger partial charge in [-0.1, -0.05) is 12.1 Å². The molecule has 0 saturated heterocycles. The number of esters is 1. The topological polar surface area (TPSA) is 75.3 Å². The number of para-hydroxylation sites is 1. The van der Waals surface area contributed by atoms with Crippen molar-refractivity contribution in [2.45, 2.75) is 19.6 Å². The Bertz CT molecular complexity index is 614. The summed E-state index contributed by atoms with van der Waals surface area (Å²) in [5.74, 6) is 0.236. The zero-order valence-corrected chi connectivity index (χ0v) is 11.0. The van der Waals surface area contributed by atoms with Crippen molar-refractivity contribution in [1.82, 2.24) is 0 Å². The van der Waals surface area contributed by atoms with E-state index in [1.807, 2.05) is 18.2 Å². The zero-order valence-electron chi connectivity index (χ0n) is 11.0. The summed E-state index contributed by atoms with van der Waals surface area (Å²) in [5, 5.41) is 11.8. The van der Waals surface area contributed by atoms with Crippen LogP contribution in [0.5, 0.6) is 0 Å². The molecule has 1 aromatic carbocycles. The fraction of sp³-hybridized carbons (Fsp3) is 0.200. The molecule has 0 aliphatic carbocycles. The van der Waals surface area contributed by atoms with E-state index in [0.29, 0.717) is 17.8 Å². The van der Waals surface area contributed by atoms with Gasteiger partial charge < -0.3 is 14.5 Å². The van der Waals surface area contributed by atoms with Gasteiger partial charge in [-0.25, -0.2) is 4.79 Å². The molecule has 5 nitrogen and oxygen atoms in total. The molecule has 1 heterocycles. The number of hydrogen-bond donors (Lipinski definition) is 1. The van der Waals surface area contributed by atoms with Crippen molar-refractivity contribution in [3.8, 4) is 6.07 Å². The van der Waals surface area contributed by atoms with Gasteiger partial charge in [-0.2, -0.15) is 5.26 Å². The maximum Gasteiger partial charge on any atom is 0.341 e. The molecule has 1 atom stereocenters. The molecule has 0 fully saturated rings. The summed E-state index contributed by atoms with van der Waals surface area (Å²) in [7, 11) is 0. The van der Waals surface area contributed by atoms with Crippen LogP contribution in [0.2, 0.25) is 0 Å². The molecule has 1 aromatic heterocycles. The molecule has 0 amide bonds. The van der Waals surface area contributed by atoms with Crippen LogP contribution in [0.1, 0.15) is 23.0 Å². The average Bonchev–Trinajstić information content (AvgIpc) is 2.98. The molecule has 102 valence electrons. The molecule has 5 heteroatoms. The van der Waals surface area contributed by atoms with Gasteiger partial charge in [0.05, 0.1) is 18.4 Å². The lowest BCUT2D eigenvalue weighted by Gasteiger charge is -2.11. The van der Waals surface area contributed by atoms with Crippen LogP contribution < -0.4 is 5.32 Å². The molecule has 2 aromatic rings. The predicted molar refractivity (Wildman–Crippen MR) is 73.0 cm³/mol. The van der Waals surface area contributed by atoms with Crippen molar-refractivity contribution in [1.29, 1.82) is 5.26 Å². The van der Waals surface area contributed by atoms with E-state index in [9.17, 15) is 4.79 Å². The molecule has 0 aliphatic rings. The second kappa shape index (κ2) is 6.43. The van der Waals surface area contributed by atoms with Crippen LogP contribution in [0, 0.1) is 11.3 Å². The van der Waals surface area contributed by atoms with Gasteiger partial charge in [0.1, 0.15) is 11.8 Å². The van der Waals surface area contributed by atoms with E-state index in [4.69, 9.17) is 14.4 Å². The molecular formula is C15H14N2O3. The third kappa shape index (κ3) is 3.39. The third-order valence-corrected chi connectivity index (χ3v) is 2.65. The van der Waals surface area contributed by atoms with E-state index < -0.39 is 12.1 Å². The van der Waals surface area contributed by atoms with Gasteiger partial charge in [0.15, 0.2) is 6.10 Å². The number of nitrogens with zero attached hydrogens (tertiary/aromatic N) is 1. The van der Waals surface area contributed by atoms with Crippen LogP contribution in [0.3, 0.4) is 0 Å². The molecule has 1 N–H and O–H groups in total. The Balaban J connectivity index is 2.09. The minimum absolute atomic E-state index is 0.390. The SMILES string of the molecule is CC(C#N)OC(=O)c1ccccc1NCc1ccco1. The third-order valence-electron chi connectivity index (χ3n) is 2.65. The summed E-state index contributed by atoms with van der Waals surface area (Å²) in [6.45, 7) is 1.99. The Morgan fingerprint density at radius 1 is 1.40 bits per heavy atom. The standard InChI is InChI=1S/C15H14N2O3/c1-11(9-16)20-15(18)13-6-2-3-7-14(13)17-10-12-5-4-8-19-12/h2-8,11,17H,10H2,1H3. The number of ether oxygens (including phenoxy) is 1. The molecule has 0 radical (unpaired) electrons. The molecule has 20 heavy (non-hydrogen) atoms. The van der Waals surface area contributed by atoms with Crippen LogP contribution in [0.4, 0.5) is 5.69 Å². The van der Waals surface area contributed by atoms with Crippen molar-refractivity contribution >= 4 is 11.7 Å². The van der Waals surface area contributed by atoms with Crippen LogP contribution in [-0.2, 0) is 11.3 Å². The lowest BCUT2D eigenvalue weighted by Crippen LogP contribution is -2.15. The Labute approximate surface area is 116 Å². The number of furan rings is 1. The number of carbonyl (C=O) groups excluding carboxylic acids is 1. The van der Waals surface area contributed by atoms with E-state index >= 15 is 0 Å². The van der Waals surface area contributed by atoms with Crippen molar-refractivity contribution < 1.29 is 13.9 Å². The number of nitrogens with one attached hydrogen (secondary N) is 1. The fourth-order valence-corrected chi connectivity index (χ4v) is 1.66. The highest BCUT2D eigenvalue weighted by Gasteiger charge is 2.15. The molecule has 2 rings (SSSR count). The van der Waals surface area contributed by atoms with Crippen LogP contribution in [-0.4, -0.2) is 12.1 Å². The van der Waals surface area contributed by atoms with Gasteiger partial charge >= 0.3 is 5.97 Å². The predicted octanol–water partition coefficient (Wildman–Crippen LogP) is 2.96. The quantitative estimate of drug-likeness (QED) is 0.845. The second-order valence-corrected chi connectivity index (χ2v) is 4.16. The van der Waals surface area contributed by atoms with E-state index in [1.165, 1.54) is 6.92 Å². The number of anilines is 1. The van der Waals surface area contributed by atoms with E-state index in [2.05, 4.69) is 5.32 Å². The molecule has 0 saturated carbocycles. The number of nitriles is 1. The fourth-order valence-electron chi connectivity index (χ4n) is 1.66. The number of benzene rings is 1. The zero-order chi connectivity index (χ0) is 14.4. The van der Waals surface area contributed by atoms with Gasteiger partial charge in [0, 0.05) is 5.69 Å². The Morgan fingerprint density at radius 3 is 2.90 bits per heavy atom. The second-order valence-electron chi connectivity index (χ2n) is 4.16. The largest absolute Gasteiger partial charge is 0.467 e. The first-order valence-corrected chi connectivity index (χ1v) is 6.16. The first-order chi connectivity index (χ1) is 9.70. The Kier molecular flexibility index (Phi) is 4.40. The number of rotatable bonds is 5. The summed E-state index contributed by atoms with van der Waals surface area (Å²) in [4.78, 5) is 12.0. The van der Waals surface area contributed by atoms with Crippen molar-refractivity contribution in [2.75, 3.05) is 5.32 Å². The van der Waals surface area contributed by atoms with Crippen molar-refractivity contribution in [3.05, 3.63) is 54.0 Å². The summed E-state index contributed by atoms with van der Waals surface area (Å²) in [5.41, 5.74) is 1.03. The Hall–Kier alpha value is -2.74. The normalized spacial score (nSPS) is 11.4. The highest BCUT2D eigenvalue weighted by atomic mass is 16.5. The van der Waals surface area contributed by atoms with Gasteiger partial charge in [-0.05, 0) is 31.2 Å². The lowest BCUT2D eigenvalue weighted by atomic mass is 10.1. The first-order valence-electron chi connectivity index (χ1n) is 6.16. The van der Waals surface area contributed by atoms with Crippen LogP contribution in [0.25, 0.3) is 0 Å². The Morgan fingerprint density at radius 2 is 2.20 bits per heavy atom. The molecule has 0 aliphatic heterocycles. The molecule has 1 unspecified atom stereocenters. The smallest absolute Gasteiger partial charge is 0.341 e. The minimum Gasteiger partial charge on any atom is -0.467 e. The van der Waals surface area contributed by atoms with E-state index in [1.54, 1.807) is 30.5 Å². The molecule has 0 bridgehead atoms. The summed E-state index contributed by atoms with van der Waals surface area (Å²) >= 11 is 0. The minimum atomic E-state index is -0.777. The van der Waals surface area contributed by atoms with Gasteiger partial charge in [-0.15, -0.1) is 0 Å². The van der Waals surface area contributed by atoms with Crippen LogP contribution in [0.15, 0.2) is 47.1 Å². The van der Waals surface area contributed by atoms with Gasteiger partial charge in [0.25, 0.3) is 0 Å². The molecular weight excluding hydrogens is 256 g/mol. The van der Waals surface area contributed by atoms with Gasteiger partial charge in [-0.3, -0.25) is 0 Å². The monoisotopic (exact) mass is 270 g/mol. The van der Waals surface area contributed by atoms with Crippen LogP contribution >= 0.6 is 0 Å². The van der Waals surface area contributed by atoms with E-state index in [-0.39, 0.29) is 0 Å². The van der Waals surface area contributed by atoms with Crippen molar-refractivity contribution in [3.63, 3.8) is 0 Å².